The van der Waals surface area contributed by atoms with Gasteiger partial charge in [0.25, 0.3) is 0 Å². The molecule has 0 aliphatic carbocycles. The molecule has 0 heterocycles. The Labute approximate surface area is 103 Å². The van der Waals surface area contributed by atoms with E-state index in [0.717, 1.165) is 37.7 Å². The maximum Gasteiger partial charge on any atom is 0.119 e. The average molecular weight is 239 g/mol. The third-order valence-electron chi connectivity index (χ3n) is 2.26. The van der Waals surface area contributed by atoms with Crippen LogP contribution in [0.25, 0.3) is 0 Å². The normalized spacial score (nSPS) is 10.2. The number of likely N-dealkylation sites (N-methyl/N-ethyl adjacent to an activating group) is 1. The molecule has 0 bridgehead atoms. The quantitative estimate of drug-likeness (QED) is 0.666. The Morgan fingerprint density at radius 1 is 1.00 bits per heavy atom. The lowest BCUT2D eigenvalue weighted by atomic mass is 10.3. The van der Waals surface area contributed by atoms with Crippen molar-refractivity contribution in [3.63, 3.8) is 0 Å². The van der Waals surface area contributed by atoms with Gasteiger partial charge in [0.15, 0.2) is 0 Å². The minimum Gasteiger partial charge on any atom is -0.497 e. The maximum atomic E-state index is 5.56. The van der Waals surface area contributed by atoms with E-state index in [1.165, 1.54) is 0 Å². The molecule has 0 atom stereocenters. The van der Waals surface area contributed by atoms with Crippen molar-refractivity contribution in [2.75, 3.05) is 40.5 Å². The number of rotatable bonds is 9. The Morgan fingerprint density at radius 3 is 2.35 bits per heavy atom. The minimum absolute atomic E-state index is 0.673. The van der Waals surface area contributed by atoms with E-state index in [-0.39, 0.29) is 0 Å². The number of ether oxygens (including phenoxy) is 3. The molecule has 0 aliphatic rings. The number of hydrogen-bond acceptors (Lipinski definition) is 4. The third kappa shape index (κ3) is 6.14. The molecule has 96 valence electrons. The van der Waals surface area contributed by atoms with Crippen LogP contribution < -0.4 is 14.8 Å². The SMILES string of the molecule is CNCCOCCCOc1ccc(OC)cc1. The first kappa shape index (κ1) is 13.8. The van der Waals surface area contributed by atoms with E-state index in [2.05, 4.69) is 5.32 Å². The first-order valence-electron chi connectivity index (χ1n) is 5.86. The van der Waals surface area contributed by atoms with Gasteiger partial charge in [-0.3, -0.25) is 0 Å². The summed E-state index contributed by atoms with van der Waals surface area (Å²) in [6.45, 7) is 3.04. The standard InChI is InChI=1S/C13H21NO3/c1-14-8-11-16-9-3-10-17-13-6-4-12(15-2)5-7-13/h4-7,14H,3,8-11H2,1-2H3. The molecule has 0 radical (unpaired) electrons. The van der Waals surface area contributed by atoms with E-state index in [0.29, 0.717) is 6.61 Å². The highest BCUT2D eigenvalue weighted by Gasteiger charge is 1.95. The fraction of sp³-hybridized carbons (Fsp3) is 0.538. The van der Waals surface area contributed by atoms with Crippen molar-refractivity contribution in [1.29, 1.82) is 0 Å². The molecule has 1 rings (SSSR count). The van der Waals surface area contributed by atoms with Crippen LogP contribution in [0.4, 0.5) is 0 Å². The largest absolute Gasteiger partial charge is 0.497 e. The van der Waals surface area contributed by atoms with Crippen LogP contribution in [0.2, 0.25) is 0 Å². The minimum atomic E-state index is 0.673. The lowest BCUT2D eigenvalue weighted by molar-refractivity contribution is 0.122. The monoisotopic (exact) mass is 239 g/mol. The molecule has 0 spiro atoms. The van der Waals surface area contributed by atoms with E-state index >= 15 is 0 Å². The van der Waals surface area contributed by atoms with Crippen LogP contribution in [0, 0.1) is 0 Å². The zero-order valence-corrected chi connectivity index (χ0v) is 10.6. The second kappa shape index (κ2) is 8.84. The van der Waals surface area contributed by atoms with Gasteiger partial charge < -0.3 is 19.5 Å². The Kier molecular flexibility index (Phi) is 7.18. The fourth-order valence-corrected chi connectivity index (χ4v) is 1.30. The number of nitrogens with one attached hydrogen (secondary N) is 1. The van der Waals surface area contributed by atoms with Crippen molar-refractivity contribution in [1.82, 2.24) is 5.32 Å². The highest BCUT2D eigenvalue weighted by Crippen LogP contribution is 2.16. The van der Waals surface area contributed by atoms with Crippen molar-refractivity contribution < 1.29 is 14.2 Å². The molecule has 0 fully saturated rings. The molecule has 0 unspecified atom stereocenters. The van der Waals surface area contributed by atoms with Gasteiger partial charge in [-0.2, -0.15) is 0 Å². The highest BCUT2D eigenvalue weighted by atomic mass is 16.5. The molecule has 17 heavy (non-hydrogen) atoms. The van der Waals surface area contributed by atoms with Crippen LogP contribution in [0.3, 0.4) is 0 Å². The Hall–Kier alpha value is -1.26. The Morgan fingerprint density at radius 2 is 1.71 bits per heavy atom. The molecule has 0 amide bonds. The van der Waals surface area contributed by atoms with Crippen molar-refractivity contribution in [2.24, 2.45) is 0 Å². The smallest absolute Gasteiger partial charge is 0.119 e. The number of benzene rings is 1. The lowest BCUT2D eigenvalue weighted by Crippen LogP contribution is -2.15. The fourth-order valence-electron chi connectivity index (χ4n) is 1.30. The summed E-state index contributed by atoms with van der Waals surface area (Å²) in [6, 6.07) is 7.58. The first-order chi connectivity index (χ1) is 8.36. The summed E-state index contributed by atoms with van der Waals surface area (Å²) in [5.74, 6) is 1.70. The molecule has 0 aromatic heterocycles. The van der Waals surface area contributed by atoms with Gasteiger partial charge in [0, 0.05) is 19.6 Å². The van der Waals surface area contributed by atoms with Crippen molar-refractivity contribution in [3.05, 3.63) is 24.3 Å². The predicted octanol–water partition coefficient (Wildman–Crippen LogP) is 1.70. The summed E-state index contributed by atoms with van der Waals surface area (Å²) in [7, 11) is 3.56. The van der Waals surface area contributed by atoms with Crippen molar-refractivity contribution >= 4 is 0 Å². The number of methoxy groups -OCH3 is 1. The zero-order valence-electron chi connectivity index (χ0n) is 10.6. The van der Waals surface area contributed by atoms with Gasteiger partial charge >= 0.3 is 0 Å². The molecule has 0 saturated heterocycles. The van der Waals surface area contributed by atoms with E-state index in [1.54, 1.807) is 7.11 Å². The van der Waals surface area contributed by atoms with E-state index < -0.39 is 0 Å². The molecule has 0 saturated carbocycles. The van der Waals surface area contributed by atoms with Crippen LogP contribution in [-0.4, -0.2) is 40.5 Å². The van der Waals surface area contributed by atoms with Crippen LogP contribution in [0.1, 0.15) is 6.42 Å². The van der Waals surface area contributed by atoms with Gasteiger partial charge in [0.2, 0.25) is 0 Å². The molecule has 1 aromatic rings. The summed E-state index contributed by atoms with van der Waals surface area (Å²) in [5.41, 5.74) is 0. The second-order valence-electron chi connectivity index (χ2n) is 3.59. The van der Waals surface area contributed by atoms with Gasteiger partial charge in [-0.1, -0.05) is 0 Å². The lowest BCUT2D eigenvalue weighted by Gasteiger charge is -2.07. The summed E-state index contributed by atoms with van der Waals surface area (Å²) in [5, 5.41) is 3.03. The second-order valence-corrected chi connectivity index (χ2v) is 3.59. The van der Waals surface area contributed by atoms with Gasteiger partial charge in [-0.15, -0.1) is 0 Å². The third-order valence-corrected chi connectivity index (χ3v) is 2.26. The van der Waals surface area contributed by atoms with E-state index in [1.807, 2.05) is 31.3 Å². The summed E-state index contributed by atoms with van der Waals surface area (Å²) >= 11 is 0. The van der Waals surface area contributed by atoms with Gasteiger partial charge in [-0.25, -0.2) is 0 Å². The molecular formula is C13H21NO3. The highest BCUT2D eigenvalue weighted by molar-refractivity contribution is 5.30. The average Bonchev–Trinajstić information content (AvgIpc) is 2.38. The molecule has 1 aromatic carbocycles. The topological polar surface area (TPSA) is 39.7 Å². The molecular weight excluding hydrogens is 218 g/mol. The summed E-state index contributed by atoms with van der Waals surface area (Å²) in [6.07, 6.45) is 0.899. The molecule has 4 heteroatoms. The van der Waals surface area contributed by atoms with Crippen LogP contribution >= 0.6 is 0 Å². The summed E-state index contributed by atoms with van der Waals surface area (Å²) < 4.78 is 16.0. The number of hydrogen-bond donors (Lipinski definition) is 1. The van der Waals surface area contributed by atoms with Crippen molar-refractivity contribution in [3.8, 4) is 11.5 Å². The maximum absolute atomic E-state index is 5.56. The van der Waals surface area contributed by atoms with E-state index in [4.69, 9.17) is 14.2 Å². The zero-order chi connectivity index (χ0) is 12.3. The summed E-state index contributed by atoms with van der Waals surface area (Å²) in [4.78, 5) is 0. The van der Waals surface area contributed by atoms with Crippen molar-refractivity contribution in [2.45, 2.75) is 6.42 Å². The molecule has 1 N–H and O–H groups in total. The van der Waals surface area contributed by atoms with Crippen LogP contribution in [-0.2, 0) is 4.74 Å². The first-order valence-corrected chi connectivity index (χ1v) is 5.86. The van der Waals surface area contributed by atoms with Crippen LogP contribution in [0.15, 0.2) is 24.3 Å². The van der Waals surface area contributed by atoms with Gasteiger partial charge in [0.1, 0.15) is 11.5 Å². The van der Waals surface area contributed by atoms with E-state index in [9.17, 15) is 0 Å². The Bertz CT molecular complexity index is 287. The Balaban J connectivity index is 2.05. The van der Waals surface area contributed by atoms with Gasteiger partial charge in [0.05, 0.1) is 20.3 Å². The van der Waals surface area contributed by atoms with Gasteiger partial charge in [-0.05, 0) is 31.3 Å². The molecule has 0 aliphatic heterocycles. The van der Waals surface area contributed by atoms with Crippen LogP contribution in [0.5, 0.6) is 11.5 Å². The predicted molar refractivity (Wildman–Crippen MR) is 67.9 cm³/mol. The molecule has 4 nitrogen and oxygen atoms in total.